The molecular weight excluding hydrogens is 408 g/mol. The van der Waals surface area contributed by atoms with Crippen LogP contribution in [0.1, 0.15) is 35.4 Å². The van der Waals surface area contributed by atoms with Gasteiger partial charge in [0.15, 0.2) is 0 Å². The highest BCUT2D eigenvalue weighted by Gasteiger charge is 2.24. The van der Waals surface area contributed by atoms with E-state index in [4.69, 9.17) is 4.74 Å². The normalized spacial score (nSPS) is 14.0. The van der Waals surface area contributed by atoms with Gasteiger partial charge in [-0.1, -0.05) is 6.07 Å². The summed E-state index contributed by atoms with van der Waals surface area (Å²) >= 11 is 3.54. The van der Waals surface area contributed by atoms with E-state index in [1.165, 1.54) is 0 Å². The standard InChI is InChI=1S/C20H21BrN4O2/c1-12-19(21)13(2)25(24-12)11-16-9-14(4-7-18(16)27-3)8-15(10-22)20(26)23-17-5-6-17/h4,7-9,17H,5-6,11H2,1-3H3,(H,23,26). The average Bonchev–Trinajstić information content (AvgIpc) is 3.44. The van der Waals surface area contributed by atoms with Crippen molar-refractivity contribution in [3.05, 3.63) is 50.8 Å². The number of methoxy groups -OCH3 is 1. The Kier molecular flexibility index (Phi) is 5.66. The van der Waals surface area contributed by atoms with Crippen LogP contribution in [0.4, 0.5) is 0 Å². The second-order valence-electron chi connectivity index (χ2n) is 6.63. The third-order valence-corrected chi connectivity index (χ3v) is 5.65. The molecule has 1 aromatic carbocycles. The zero-order chi connectivity index (χ0) is 19.6. The van der Waals surface area contributed by atoms with Crippen LogP contribution in [-0.4, -0.2) is 28.8 Å². The Bertz CT molecular complexity index is 952. The predicted octanol–water partition coefficient (Wildman–Crippen LogP) is 3.50. The smallest absolute Gasteiger partial charge is 0.262 e. The van der Waals surface area contributed by atoms with Crippen molar-refractivity contribution in [3.63, 3.8) is 0 Å². The van der Waals surface area contributed by atoms with E-state index in [0.29, 0.717) is 6.54 Å². The van der Waals surface area contributed by atoms with Crippen molar-refractivity contribution < 1.29 is 9.53 Å². The lowest BCUT2D eigenvalue weighted by Crippen LogP contribution is -2.26. The van der Waals surface area contributed by atoms with Gasteiger partial charge in [0, 0.05) is 11.6 Å². The van der Waals surface area contributed by atoms with Gasteiger partial charge >= 0.3 is 0 Å². The lowest BCUT2D eigenvalue weighted by atomic mass is 10.1. The summed E-state index contributed by atoms with van der Waals surface area (Å²) in [5.74, 6) is 0.414. The minimum Gasteiger partial charge on any atom is -0.496 e. The SMILES string of the molecule is COc1ccc(C=C(C#N)C(=O)NC2CC2)cc1Cn1nc(C)c(Br)c1C. The van der Waals surface area contributed by atoms with Gasteiger partial charge in [-0.2, -0.15) is 10.4 Å². The molecule has 3 rings (SSSR count). The summed E-state index contributed by atoms with van der Waals surface area (Å²) in [5.41, 5.74) is 3.74. The van der Waals surface area contributed by atoms with E-state index in [1.54, 1.807) is 13.2 Å². The number of aromatic nitrogens is 2. The fourth-order valence-corrected chi connectivity index (χ4v) is 3.09. The molecule has 0 saturated heterocycles. The van der Waals surface area contributed by atoms with E-state index < -0.39 is 0 Å². The first kappa shape index (κ1) is 19.2. The first-order chi connectivity index (χ1) is 12.9. The van der Waals surface area contributed by atoms with Crippen molar-refractivity contribution in [2.24, 2.45) is 0 Å². The topological polar surface area (TPSA) is 79.9 Å². The lowest BCUT2D eigenvalue weighted by Gasteiger charge is -2.11. The molecule has 2 aromatic rings. The summed E-state index contributed by atoms with van der Waals surface area (Å²) in [6, 6.07) is 7.81. The van der Waals surface area contributed by atoms with Crippen LogP contribution in [0.3, 0.4) is 0 Å². The maximum atomic E-state index is 12.2. The maximum absolute atomic E-state index is 12.2. The first-order valence-corrected chi connectivity index (χ1v) is 9.51. The van der Waals surface area contributed by atoms with Crippen LogP contribution >= 0.6 is 15.9 Å². The van der Waals surface area contributed by atoms with Crippen molar-refractivity contribution in [2.75, 3.05) is 7.11 Å². The largest absolute Gasteiger partial charge is 0.496 e. The Balaban J connectivity index is 1.90. The summed E-state index contributed by atoms with van der Waals surface area (Å²) in [6.07, 6.45) is 3.57. The van der Waals surface area contributed by atoms with Gasteiger partial charge < -0.3 is 10.1 Å². The Hall–Kier alpha value is -2.59. The van der Waals surface area contributed by atoms with Crippen molar-refractivity contribution in [1.29, 1.82) is 5.26 Å². The minimum atomic E-state index is -0.320. The average molecular weight is 429 g/mol. The number of hydrogen-bond donors (Lipinski definition) is 1. The molecule has 1 N–H and O–H groups in total. The van der Waals surface area contributed by atoms with Gasteiger partial charge in [-0.15, -0.1) is 0 Å². The van der Waals surface area contributed by atoms with Gasteiger partial charge in [-0.3, -0.25) is 9.48 Å². The van der Waals surface area contributed by atoms with Crippen molar-refractivity contribution in [1.82, 2.24) is 15.1 Å². The number of halogens is 1. The summed E-state index contributed by atoms with van der Waals surface area (Å²) in [6.45, 7) is 4.47. The molecule has 0 bridgehead atoms. The number of nitrogens with zero attached hydrogens (tertiary/aromatic N) is 3. The van der Waals surface area contributed by atoms with E-state index in [1.807, 2.05) is 42.8 Å². The number of rotatable bonds is 6. The van der Waals surface area contributed by atoms with Crippen molar-refractivity contribution >= 4 is 27.9 Å². The molecule has 1 aliphatic rings. The first-order valence-electron chi connectivity index (χ1n) is 8.72. The third kappa shape index (κ3) is 4.40. The molecule has 0 radical (unpaired) electrons. The molecule has 1 heterocycles. The summed E-state index contributed by atoms with van der Waals surface area (Å²) in [4.78, 5) is 12.2. The predicted molar refractivity (Wildman–Crippen MR) is 106 cm³/mol. The number of carbonyl (C=O) groups is 1. The van der Waals surface area contributed by atoms with Gasteiger partial charge in [0.1, 0.15) is 17.4 Å². The van der Waals surface area contributed by atoms with Crippen LogP contribution in [0.25, 0.3) is 6.08 Å². The molecule has 6 nitrogen and oxygen atoms in total. The summed E-state index contributed by atoms with van der Waals surface area (Å²) in [5, 5.41) is 16.7. The van der Waals surface area contributed by atoms with Crippen LogP contribution < -0.4 is 10.1 Å². The summed E-state index contributed by atoms with van der Waals surface area (Å²) in [7, 11) is 1.62. The number of hydrogen-bond acceptors (Lipinski definition) is 4. The van der Waals surface area contributed by atoms with Gasteiger partial charge in [0.25, 0.3) is 5.91 Å². The zero-order valence-electron chi connectivity index (χ0n) is 15.5. The Morgan fingerprint density at radius 3 is 2.78 bits per heavy atom. The second kappa shape index (κ2) is 7.97. The molecule has 1 aromatic heterocycles. The van der Waals surface area contributed by atoms with Gasteiger partial charge in [0.05, 0.1) is 29.5 Å². The van der Waals surface area contributed by atoms with Crippen molar-refractivity contribution in [2.45, 2.75) is 39.3 Å². The van der Waals surface area contributed by atoms with E-state index in [2.05, 4.69) is 26.3 Å². The monoisotopic (exact) mass is 428 g/mol. The quantitative estimate of drug-likeness (QED) is 0.563. The highest BCUT2D eigenvalue weighted by Crippen LogP contribution is 2.26. The maximum Gasteiger partial charge on any atom is 0.262 e. The van der Waals surface area contributed by atoms with Crippen LogP contribution in [0.5, 0.6) is 5.75 Å². The van der Waals surface area contributed by atoms with Crippen LogP contribution in [-0.2, 0) is 11.3 Å². The Morgan fingerprint density at radius 2 is 2.22 bits per heavy atom. The Morgan fingerprint density at radius 1 is 1.48 bits per heavy atom. The number of nitrogens with one attached hydrogen (secondary N) is 1. The number of amides is 1. The third-order valence-electron chi connectivity index (χ3n) is 4.51. The molecule has 7 heteroatoms. The van der Waals surface area contributed by atoms with E-state index >= 15 is 0 Å². The van der Waals surface area contributed by atoms with Gasteiger partial charge in [-0.25, -0.2) is 0 Å². The molecule has 1 saturated carbocycles. The second-order valence-corrected chi connectivity index (χ2v) is 7.42. The molecule has 140 valence electrons. The number of nitriles is 1. The van der Waals surface area contributed by atoms with E-state index in [-0.39, 0.29) is 17.5 Å². The highest BCUT2D eigenvalue weighted by molar-refractivity contribution is 9.10. The molecule has 0 unspecified atom stereocenters. The summed E-state index contributed by atoms with van der Waals surface area (Å²) < 4.78 is 8.36. The van der Waals surface area contributed by atoms with Gasteiger partial charge in [0.2, 0.25) is 0 Å². The highest BCUT2D eigenvalue weighted by atomic mass is 79.9. The number of ether oxygens (including phenoxy) is 1. The number of benzene rings is 1. The van der Waals surface area contributed by atoms with Crippen LogP contribution in [0.2, 0.25) is 0 Å². The van der Waals surface area contributed by atoms with E-state index in [0.717, 1.165) is 45.6 Å². The molecule has 1 aliphatic carbocycles. The molecule has 1 fully saturated rings. The zero-order valence-corrected chi connectivity index (χ0v) is 17.1. The molecule has 0 atom stereocenters. The fourth-order valence-electron chi connectivity index (χ4n) is 2.81. The van der Waals surface area contributed by atoms with Gasteiger partial charge in [-0.05, 0) is 66.4 Å². The Labute approximate surface area is 166 Å². The van der Waals surface area contributed by atoms with Crippen molar-refractivity contribution in [3.8, 4) is 11.8 Å². The molecule has 1 amide bonds. The lowest BCUT2D eigenvalue weighted by molar-refractivity contribution is -0.117. The molecule has 0 aliphatic heterocycles. The number of carbonyl (C=O) groups excluding carboxylic acids is 1. The molecule has 27 heavy (non-hydrogen) atoms. The minimum absolute atomic E-state index is 0.104. The number of aryl methyl sites for hydroxylation is 1. The van der Waals surface area contributed by atoms with Crippen LogP contribution in [0, 0.1) is 25.2 Å². The fraction of sp³-hybridized carbons (Fsp3) is 0.350. The van der Waals surface area contributed by atoms with Crippen LogP contribution in [0.15, 0.2) is 28.2 Å². The molecule has 0 spiro atoms. The van der Waals surface area contributed by atoms with E-state index in [9.17, 15) is 10.1 Å². The molecular formula is C20H21BrN4O2.